The van der Waals surface area contributed by atoms with E-state index in [1.165, 1.54) is 0 Å². The van der Waals surface area contributed by atoms with Crippen molar-refractivity contribution in [2.45, 2.75) is 39.2 Å². The number of nitrogens with one attached hydrogen (secondary N) is 1. The molecule has 1 heterocycles. The van der Waals surface area contributed by atoms with Crippen molar-refractivity contribution in [3.63, 3.8) is 0 Å². The van der Waals surface area contributed by atoms with E-state index in [1.54, 1.807) is 12.1 Å². The summed E-state index contributed by atoms with van der Waals surface area (Å²) in [6, 6.07) is 15.5. The number of halogens is 1. The summed E-state index contributed by atoms with van der Waals surface area (Å²) in [5.41, 5.74) is 6.20. The first kappa shape index (κ1) is 19.2. The number of carbonyl (C=O) groups is 1. The fourth-order valence-electron chi connectivity index (χ4n) is 3.38. The van der Waals surface area contributed by atoms with Gasteiger partial charge in [0.2, 0.25) is 0 Å². The van der Waals surface area contributed by atoms with E-state index in [1.807, 2.05) is 48.9 Å². The predicted octanol–water partition coefficient (Wildman–Crippen LogP) is 4.50. The second-order valence-corrected chi connectivity index (χ2v) is 7.87. The molecular weight excluding hydrogens is 384 g/mol. The molecule has 1 aliphatic rings. The Kier molecular flexibility index (Phi) is 5.12. The molecule has 1 N–H and O–H groups in total. The number of benzene rings is 2. The molecule has 0 unspecified atom stereocenters. The highest BCUT2D eigenvalue weighted by Gasteiger charge is 2.23. The van der Waals surface area contributed by atoms with Crippen LogP contribution in [0, 0.1) is 25.2 Å². The summed E-state index contributed by atoms with van der Waals surface area (Å²) in [6.07, 6.45) is 2.89. The fourth-order valence-corrected chi connectivity index (χ4v) is 3.60. The van der Waals surface area contributed by atoms with E-state index in [2.05, 4.69) is 16.5 Å². The molecule has 3 aromatic rings. The van der Waals surface area contributed by atoms with Crippen LogP contribution in [0.25, 0.3) is 5.69 Å². The Balaban J connectivity index is 1.56. The number of aryl methyl sites for hydroxylation is 1. The second kappa shape index (κ2) is 7.73. The summed E-state index contributed by atoms with van der Waals surface area (Å²) >= 11 is 6.19. The maximum absolute atomic E-state index is 12.2. The fraction of sp³-hybridized carbons (Fsp3) is 0.261. The molecule has 0 spiro atoms. The maximum Gasteiger partial charge on any atom is 0.251 e. The van der Waals surface area contributed by atoms with Crippen LogP contribution in [0.3, 0.4) is 0 Å². The van der Waals surface area contributed by atoms with E-state index in [-0.39, 0.29) is 5.91 Å². The minimum atomic E-state index is -0.00285. The molecule has 6 heteroatoms. The van der Waals surface area contributed by atoms with Crippen LogP contribution in [0.1, 0.15) is 51.3 Å². The second-order valence-electron chi connectivity index (χ2n) is 7.46. The summed E-state index contributed by atoms with van der Waals surface area (Å²) in [4.78, 5) is 12.2. The zero-order chi connectivity index (χ0) is 20.5. The van der Waals surface area contributed by atoms with Crippen LogP contribution in [0.5, 0.6) is 0 Å². The Hall–Kier alpha value is -3.10. The molecule has 4 rings (SSSR count). The molecule has 0 saturated heterocycles. The lowest BCUT2D eigenvalue weighted by atomic mass is 10.0. The highest BCUT2D eigenvalue weighted by Crippen LogP contribution is 2.25. The quantitative estimate of drug-likeness (QED) is 0.680. The number of nitriles is 1. The molecule has 0 radical (unpaired) electrons. The third kappa shape index (κ3) is 4.03. The summed E-state index contributed by atoms with van der Waals surface area (Å²) in [6.45, 7) is 4.01. The molecule has 29 heavy (non-hydrogen) atoms. The van der Waals surface area contributed by atoms with Gasteiger partial charge in [0.25, 0.3) is 5.91 Å². The SMILES string of the molecule is Cc1nn(-c2ccc(C#N)c(Cl)c2)c(C)c1Cc1ccc(C(=O)NC2CC2)cc1. The van der Waals surface area contributed by atoms with Gasteiger partial charge in [-0.1, -0.05) is 23.7 Å². The zero-order valence-corrected chi connectivity index (χ0v) is 17.1. The van der Waals surface area contributed by atoms with Crippen molar-refractivity contribution >= 4 is 17.5 Å². The highest BCUT2D eigenvalue weighted by atomic mass is 35.5. The van der Waals surface area contributed by atoms with Gasteiger partial charge in [-0.25, -0.2) is 4.68 Å². The van der Waals surface area contributed by atoms with E-state index in [0.29, 0.717) is 22.2 Å². The predicted molar refractivity (Wildman–Crippen MR) is 112 cm³/mol. The van der Waals surface area contributed by atoms with Gasteiger partial charge in [-0.15, -0.1) is 0 Å². The molecule has 2 aromatic carbocycles. The first-order valence-corrected chi connectivity index (χ1v) is 9.99. The van der Waals surface area contributed by atoms with Crippen molar-refractivity contribution in [3.8, 4) is 11.8 Å². The van der Waals surface area contributed by atoms with Gasteiger partial charge in [0.05, 0.1) is 22.0 Å². The van der Waals surface area contributed by atoms with Crippen LogP contribution in [-0.4, -0.2) is 21.7 Å². The third-order valence-corrected chi connectivity index (χ3v) is 5.58. The van der Waals surface area contributed by atoms with Gasteiger partial charge in [0.15, 0.2) is 0 Å². The molecule has 1 aliphatic carbocycles. The molecule has 0 atom stereocenters. The molecule has 0 aliphatic heterocycles. The summed E-state index contributed by atoms with van der Waals surface area (Å²) < 4.78 is 1.86. The minimum Gasteiger partial charge on any atom is -0.349 e. The zero-order valence-electron chi connectivity index (χ0n) is 16.4. The van der Waals surface area contributed by atoms with Crippen molar-refractivity contribution in [3.05, 3.63) is 81.1 Å². The number of nitrogens with zero attached hydrogens (tertiary/aromatic N) is 3. The van der Waals surface area contributed by atoms with E-state index >= 15 is 0 Å². The van der Waals surface area contributed by atoms with Crippen molar-refractivity contribution in [1.82, 2.24) is 15.1 Å². The number of aromatic nitrogens is 2. The maximum atomic E-state index is 12.2. The molecule has 146 valence electrons. The summed E-state index contributed by atoms with van der Waals surface area (Å²) in [5.74, 6) is -0.00285. The van der Waals surface area contributed by atoms with Crippen LogP contribution in [0.4, 0.5) is 0 Å². The highest BCUT2D eigenvalue weighted by molar-refractivity contribution is 6.31. The van der Waals surface area contributed by atoms with Gasteiger partial charge >= 0.3 is 0 Å². The Labute approximate surface area is 174 Å². The van der Waals surface area contributed by atoms with Gasteiger partial charge in [-0.2, -0.15) is 10.4 Å². The van der Waals surface area contributed by atoms with E-state index in [4.69, 9.17) is 16.9 Å². The number of carbonyl (C=O) groups excluding carboxylic acids is 1. The minimum absolute atomic E-state index is 0.00285. The first-order chi connectivity index (χ1) is 14.0. The van der Waals surface area contributed by atoms with Crippen molar-refractivity contribution < 1.29 is 4.79 Å². The van der Waals surface area contributed by atoms with Crippen molar-refractivity contribution in [2.24, 2.45) is 0 Å². The largest absolute Gasteiger partial charge is 0.349 e. The molecule has 1 fully saturated rings. The van der Waals surface area contributed by atoms with E-state index in [0.717, 1.165) is 47.5 Å². The topological polar surface area (TPSA) is 70.7 Å². The van der Waals surface area contributed by atoms with Crippen LogP contribution in [0.2, 0.25) is 5.02 Å². The molecule has 0 bridgehead atoms. The smallest absolute Gasteiger partial charge is 0.251 e. The number of hydrogen-bond donors (Lipinski definition) is 1. The Morgan fingerprint density at radius 2 is 1.97 bits per heavy atom. The van der Waals surface area contributed by atoms with Crippen LogP contribution in [0.15, 0.2) is 42.5 Å². The average Bonchev–Trinajstić information content (AvgIpc) is 3.49. The standard InChI is InChI=1S/C23H21ClN4O/c1-14-21(11-16-3-5-17(6-4-16)23(29)26-19-8-9-19)15(2)28(27-14)20-10-7-18(13-25)22(24)12-20/h3-7,10,12,19H,8-9,11H2,1-2H3,(H,26,29). The lowest BCUT2D eigenvalue weighted by Crippen LogP contribution is -2.25. The van der Waals surface area contributed by atoms with E-state index in [9.17, 15) is 4.79 Å². The molecule has 1 saturated carbocycles. The monoisotopic (exact) mass is 404 g/mol. The molecular formula is C23H21ClN4O. The average molecular weight is 405 g/mol. The van der Waals surface area contributed by atoms with Gasteiger partial charge < -0.3 is 5.32 Å². The van der Waals surface area contributed by atoms with Crippen molar-refractivity contribution in [2.75, 3.05) is 0 Å². The summed E-state index contributed by atoms with van der Waals surface area (Å²) in [5, 5.41) is 17.2. The molecule has 1 aromatic heterocycles. The lowest BCUT2D eigenvalue weighted by Gasteiger charge is -2.08. The van der Waals surface area contributed by atoms with Gasteiger partial charge in [0.1, 0.15) is 6.07 Å². The summed E-state index contributed by atoms with van der Waals surface area (Å²) in [7, 11) is 0. The van der Waals surface area contributed by atoms with Gasteiger partial charge in [0, 0.05) is 29.3 Å². The van der Waals surface area contributed by atoms with Gasteiger partial charge in [-0.3, -0.25) is 4.79 Å². The normalized spacial score (nSPS) is 13.2. The number of hydrogen-bond acceptors (Lipinski definition) is 3. The third-order valence-electron chi connectivity index (χ3n) is 5.27. The van der Waals surface area contributed by atoms with Gasteiger partial charge in [-0.05, 0) is 62.6 Å². The van der Waals surface area contributed by atoms with Crippen LogP contribution < -0.4 is 5.32 Å². The number of amides is 1. The van der Waals surface area contributed by atoms with Crippen LogP contribution >= 0.6 is 11.6 Å². The molecule has 5 nitrogen and oxygen atoms in total. The van der Waals surface area contributed by atoms with Crippen LogP contribution in [-0.2, 0) is 6.42 Å². The van der Waals surface area contributed by atoms with Crippen molar-refractivity contribution in [1.29, 1.82) is 5.26 Å². The Morgan fingerprint density at radius 3 is 2.59 bits per heavy atom. The number of rotatable bonds is 5. The van der Waals surface area contributed by atoms with E-state index < -0.39 is 0 Å². The first-order valence-electron chi connectivity index (χ1n) is 9.61. The Morgan fingerprint density at radius 1 is 1.24 bits per heavy atom. The Bertz CT molecular complexity index is 1120. The molecule has 1 amide bonds. The lowest BCUT2D eigenvalue weighted by molar-refractivity contribution is 0.0951.